The summed E-state index contributed by atoms with van der Waals surface area (Å²) in [6.07, 6.45) is 0. The van der Waals surface area contributed by atoms with Gasteiger partial charge in [0.25, 0.3) is 0 Å². The van der Waals surface area contributed by atoms with E-state index >= 15 is 0 Å². The third-order valence-electron chi connectivity index (χ3n) is 2.67. The van der Waals surface area contributed by atoms with Crippen LogP contribution in [0.25, 0.3) is 0 Å². The second kappa shape index (κ2) is 5.22. The average molecular weight is 284 g/mol. The highest BCUT2D eigenvalue weighted by Gasteiger charge is 2.18. The highest BCUT2D eigenvalue weighted by molar-refractivity contribution is 9.09. The van der Waals surface area contributed by atoms with Gasteiger partial charge in [-0.25, -0.2) is 0 Å². The van der Waals surface area contributed by atoms with Gasteiger partial charge < -0.3 is 4.90 Å². The van der Waals surface area contributed by atoms with E-state index in [4.69, 9.17) is 0 Å². The lowest BCUT2D eigenvalue weighted by Gasteiger charge is -2.30. The monoisotopic (exact) mass is 283 g/mol. The fourth-order valence-electron chi connectivity index (χ4n) is 1.95. The predicted molar refractivity (Wildman–Crippen MR) is 76.8 cm³/mol. The highest BCUT2D eigenvalue weighted by atomic mass is 79.9. The second-order valence-corrected chi connectivity index (χ2v) is 6.06. The van der Waals surface area contributed by atoms with Gasteiger partial charge in [0.1, 0.15) is 0 Å². The molecule has 1 nitrogen and oxygen atoms in total. The van der Waals surface area contributed by atoms with E-state index in [0.717, 1.165) is 11.9 Å². The Bertz CT molecular complexity index is 338. The largest absolute Gasteiger partial charge is 0.374 e. The van der Waals surface area contributed by atoms with Gasteiger partial charge in [-0.2, -0.15) is 0 Å². The molecular formula is C14H22BrN. The van der Waals surface area contributed by atoms with E-state index in [2.05, 4.69) is 73.8 Å². The maximum atomic E-state index is 3.57. The maximum Gasteiger partial charge on any atom is 0.0369 e. The van der Waals surface area contributed by atoms with Crippen LogP contribution in [0.1, 0.15) is 25.0 Å². The van der Waals surface area contributed by atoms with E-state index < -0.39 is 0 Å². The SMILES string of the molecule is Cc1cc(C)cc(N(C)CC(C)(C)CBr)c1. The number of anilines is 1. The molecule has 0 aliphatic heterocycles. The van der Waals surface area contributed by atoms with Crippen LogP contribution in [0.5, 0.6) is 0 Å². The minimum absolute atomic E-state index is 0.298. The smallest absolute Gasteiger partial charge is 0.0369 e. The van der Waals surface area contributed by atoms with Crippen molar-refractivity contribution in [2.45, 2.75) is 27.7 Å². The van der Waals surface area contributed by atoms with Gasteiger partial charge in [0.05, 0.1) is 0 Å². The fourth-order valence-corrected chi connectivity index (χ4v) is 2.12. The molecule has 0 atom stereocenters. The zero-order valence-electron chi connectivity index (χ0n) is 11.0. The lowest BCUT2D eigenvalue weighted by atomic mass is 9.95. The van der Waals surface area contributed by atoms with E-state index in [1.54, 1.807) is 0 Å². The third kappa shape index (κ3) is 3.82. The van der Waals surface area contributed by atoms with Gasteiger partial charge in [0, 0.05) is 24.6 Å². The molecular weight excluding hydrogens is 262 g/mol. The molecule has 1 aromatic rings. The number of halogens is 1. The van der Waals surface area contributed by atoms with Crippen LogP contribution >= 0.6 is 15.9 Å². The summed E-state index contributed by atoms with van der Waals surface area (Å²) in [6.45, 7) is 9.92. The van der Waals surface area contributed by atoms with E-state index in [0.29, 0.717) is 5.41 Å². The van der Waals surface area contributed by atoms with Crippen molar-refractivity contribution in [1.29, 1.82) is 0 Å². The predicted octanol–water partition coefficient (Wildman–Crippen LogP) is 4.16. The van der Waals surface area contributed by atoms with Gasteiger partial charge >= 0.3 is 0 Å². The van der Waals surface area contributed by atoms with Crippen molar-refractivity contribution >= 4 is 21.6 Å². The summed E-state index contributed by atoms with van der Waals surface area (Å²) in [5, 5.41) is 1.02. The molecule has 2 heteroatoms. The minimum atomic E-state index is 0.298. The summed E-state index contributed by atoms with van der Waals surface area (Å²) < 4.78 is 0. The van der Waals surface area contributed by atoms with Crippen LogP contribution in [0.15, 0.2) is 18.2 Å². The molecule has 0 aromatic heterocycles. The van der Waals surface area contributed by atoms with Gasteiger partial charge in [-0.3, -0.25) is 0 Å². The number of alkyl halides is 1. The molecule has 0 fully saturated rings. The maximum absolute atomic E-state index is 3.57. The molecule has 0 aliphatic carbocycles. The topological polar surface area (TPSA) is 3.24 Å². The summed E-state index contributed by atoms with van der Waals surface area (Å²) in [5.41, 5.74) is 4.27. The Morgan fingerprint density at radius 2 is 1.62 bits per heavy atom. The number of benzene rings is 1. The summed E-state index contributed by atoms with van der Waals surface area (Å²) in [7, 11) is 2.17. The van der Waals surface area contributed by atoms with Crippen molar-refractivity contribution in [2.24, 2.45) is 5.41 Å². The first-order valence-electron chi connectivity index (χ1n) is 5.69. The molecule has 0 unspecified atom stereocenters. The molecule has 0 bridgehead atoms. The minimum Gasteiger partial charge on any atom is -0.374 e. The number of hydrogen-bond donors (Lipinski definition) is 0. The number of nitrogens with zero attached hydrogens (tertiary/aromatic N) is 1. The standard InChI is InChI=1S/C14H22BrN/c1-11-6-12(2)8-13(7-11)16(5)10-14(3,4)9-15/h6-8H,9-10H2,1-5H3. The quantitative estimate of drug-likeness (QED) is 0.750. The number of aryl methyl sites for hydroxylation is 2. The second-order valence-electron chi connectivity index (χ2n) is 5.50. The average Bonchev–Trinajstić information content (AvgIpc) is 2.15. The Balaban J connectivity index is 2.84. The first kappa shape index (κ1) is 13.6. The molecule has 0 saturated carbocycles. The van der Waals surface area contributed by atoms with Crippen molar-refractivity contribution in [2.75, 3.05) is 23.8 Å². The fraction of sp³-hybridized carbons (Fsp3) is 0.571. The molecule has 1 rings (SSSR count). The lowest BCUT2D eigenvalue weighted by molar-refractivity contribution is 0.432. The van der Waals surface area contributed by atoms with Crippen LogP contribution < -0.4 is 4.90 Å². The van der Waals surface area contributed by atoms with Crippen LogP contribution in [0.2, 0.25) is 0 Å². The first-order chi connectivity index (χ1) is 7.34. The van der Waals surface area contributed by atoms with Crippen molar-refractivity contribution in [3.63, 3.8) is 0 Å². The zero-order valence-corrected chi connectivity index (χ0v) is 12.6. The molecule has 1 aromatic carbocycles. The molecule has 0 radical (unpaired) electrons. The van der Waals surface area contributed by atoms with Crippen molar-refractivity contribution in [1.82, 2.24) is 0 Å². The first-order valence-corrected chi connectivity index (χ1v) is 6.81. The molecule has 16 heavy (non-hydrogen) atoms. The van der Waals surface area contributed by atoms with Crippen molar-refractivity contribution < 1.29 is 0 Å². The molecule has 0 spiro atoms. The Morgan fingerprint density at radius 1 is 1.12 bits per heavy atom. The van der Waals surface area contributed by atoms with E-state index in [1.807, 2.05) is 0 Å². The van der Waals surface area contributed by atoms with Crippen LogP contribution in [-0.2, 0) is 0 Å². The van der Waals surface area contributed by atoms with Crippen LogP contribution in [-0.4, -0.2) is 18.9 Å². The van der Waals surface area contributed by atoms with Crippen molar-refractivity contribution in [3.8, 4) is 0 Å². The van der Waals surface area contributed by atoms with E-state index in [-0.39, 0.29) is 0 Å². The Kier molecular flexibility index (Phi) is 4.43. The number of hydrogen-bond acceptors (Lipinski definition) is 1. The van der Waals surface area contributed by atoms with Crippen LogP contribution in [0, 0.1) is 19.3 Å². The molecule has 0 saturated heterocycles. The van der Waals surface area contributed by atoms with Crippen LogP contribution in [0.4, 0.5) is 5.69 Å². The summed E-state index contributed by atoms with van der Waals surface area (Å²) in [5.74, 6) is 0. The van der Waals surface area contributed by atoms with Gasteiger partial charge in [-0.05, 0) is 42.5 Å². The van der Waals surface area contributed by atoms with Gasteiger partial charge in [-0.15, -0.1) is 0 Å². The van der Waals surface area contributed by atoms with Gasteiger partial charge in [0.15, 0.2) is 0 Å². The van der Waals surface area contributed by atoms with Gasteiger partial charge in [0.2, 0.25) is 0 Å². The van der Waals surface area contributed by atoms with Crippen LogP contribution in [0.3, 0.4) is 0 Å². The Hall–Kier alpha value is -0.500. The summed E-state index contributed by atoms with van der Waals surface area (Å²) in [4.78, 5) is 2.33. The molecule has 0 amide bonds. The third-order valence-corrected chi connectivity index (χ3v) is 4.19. The number of rotatable bonds is 4. The zero-order chi connectivity index (χ0) is 12.3. The molecule has 0 aliphatic rings. The summed E-state index contributed by atoms with van der Waals surface area (Å²) >= 11 is 3.57. The van der Waals surface area contributed by atoms with E-state index in [1.165, 1.54) is 16.8 Å². The Morgan fingerprint density at radius 3 is 2.06 bits per heavy atom. The Labute approximate surface area is 108 Å². The molecule has 0 N–H and O–H groups in total. The van der Waals surface area contributed by atoms with Crippen molar-refractivity contribution in [3.05, 3.63) is 29.3 Å². The van der Waals surface area contributed by atoms with Gasteiger partial charge in [-0.1, -0.05) is 35.8 Å². The highest BCUT2D eigenvalue weighted by Crippen LogP contribution is 2.24. The lowest BCUT2D eigenvalue weighted by Crippen LogP contribution is -2.32. The summed E-state index contributed by atoms with van der Waals surface area (Å²) in [6, 6.07) is 6.71. The van der Waals surface area contributed by atoms with E-state index in [9.17, 15) is 0 Å². The molecule has 90 valence electrons. The normalized spacial score (nSPS) is 11.6. The molecule has 0 heterocycles.